The van der Waals surface area contributed by atoms with Crippen molar-refractivity contribution >= 4 is 11.6 Å². The third kappa shape index (κ3) is 2.82. The molecule has 26 heavy (non-hydrogen) atoms. The summed E-state index contributed by atoms with van der Waals surface area (Å²) in [5.74, 6) is 1.42. The van der Waals surface area contributed by atoms with Crippen LogP contribution < -0.4 is 4.74 Å². The Kier molecular flexibility index (Phi) is 4.14. The lowest BCUT2D eigenvalue weighted by Gasteiger charge is -2.09. The maximum Gasteiger partial charge on any atom is 0.280 e. The SMILES string of the molecule is COc1ccc(Cl)cc1-n1nnc(-c2nc(-c3ccccc3)no2)c1C. The molecule has 2 aromatic heterocycles. The highest BCUT2D eigenvalue weighted by molar-refractivity contribution is 6.30. The van der Waals surface area contributed by atoms with Gasteiger partial charge in [0.25, 0.3) is 5.89 Å². The van der Waals surface area contributed by atoms with Crippen LogP contribution in [-0.4, -0.2) is 32.2 Å². The van der Waals surface area contributed by atoms with Crippen molar-refractivity contribution in [2.45, 2.75) is 6.92 Å². The predicted molar refractivity (Wildman–Crippen MR) is 96.4 cm³/mol. The first-order valence-electron chi connectivity index (χ1n) is 7.83. The first kappa shape index (κ1) is 16.3. The van der Waals surface area contributed by atoms with Crippen molar-refractivity contribution in [2.75, 3.05) is 7.11 Å². The third-order valence-electron chi connectivity index (χ3n) is 3.92. The molecule has 0 bridgehead atoms. The van der Waals surface area contributed by atoms with Crippen molar-refractivity contribution in [1.82, 2.24) is 25.1 Å². The van der Waals surface area contributed by atoms with Crippen LogP contribution in [0.2, 0.25) is 5.02 Å². The Morgan fingerprint density at radius 3 is 2.69 bits per heavy atom. The summed E-state index contributed by atoms with van der Waals surface area (Å²) in [6, 6.07) is 14.9. The molecule has 0 atom stereocenters. The normalized spacial score (nSPS) is 10.9. The summed E-state index contributed by atoms with van der Waals surface area (Å²) in [6.45, 7) is 1.86. The molecule has 0 saturated heterocycles. The Bertz CT molecular complexity index is 1060. The zero-order valence-electron chi connectivity index (χ0n) is 14.0. The molecule has 0 N–H and O–H groups in total. The standard InChI is InChI=1S/C18H14ClN5O2/c1-11-16(18-20-17(22-26-18)12-6-4-3-5-7-12)21-23-24(11)14-10-13(19)8-9-15(14)25-2/h3-10H,1-2H3. The van der Waals surface area contributed by atoms with Crippen LogP contribution in [0.1, 0.15) is 5.69 Å². The van der Waals surface area contributed by atoms with Gasteiger partial charge in [-0.05, 0) is 25.1 Å². The molecule has 2 aromatic carbocycles. The van der Waals surface area contributed by atoms with Gasteiger partial charge in [0, 0.05) is 10.6 Å². The zero-order chi connectivity index (χ0) is 18.1. The summed E-state index contributed by atoms with van der Waals surface area (Å²) in [5.41, 5.74) is 2.78. The predicted octanol–water partition coefficient (Wildman–Crippen LogP) is 3.95. The van der Waals surface area contributed by atoms with Gasteiger partial charge in [-0.3, -0.25) is 0 Å². The average molecular weight is 368 g/mol. The third-order valence-corrected chi connectivity index (χ3v) is 4.16. The number of rotatable bonds is 4. The summed E-state index contributed by atoms with van der Waals surface area (Å²) in [7, 11) is 1.59. The second kappa shape index (κ2) is 6.61. The van der Waals surface area contributed by atoms with Gasteiger partial charge >= 0.3 is 0 Å². The number of hydrogen-bond donors (Lipinski definition) is 0. The molecule has 2 heterocycles. The van der Waals surface area contributed by atoms with E-state index in [1.807, 2.05) is 37.3 Å². The molecule has 0 aliphatic carbocycles. The number of methoxy groups -OCH3 is 1. The summed E-state index contributed by atoms with van der Waals surface area (Å²) >= 11 is 6.11. The summed E-state index contributed by atoms with van der Waals surface area (Å²) in [6.07, 6.45) is 0. The fraction of sp³-hybridized carbons (Fsp3) is 0.111. The van der Waals surface area contributed by atoms with Gasteiger partial charge in [-0.15, -0.1) is 5.10 Å². The fourth-order valence-corrected chi connectivity index (χ4v) is 2.77. The van der Waals surface area contributed by atoms with Crippen LogP contribution in [0.3, 0.4) is 0 Å². The molecule has 4 rings (SSSR count). The van der Waals surface area contributed by atoms with Gasteiger partial charge in [-0.1, -0.05) is 52.3 Å². The van der Waals surface area contributed by atoms with Crippen LogP contribution in [0, 0.1) is 6.92 Å². The lowest BCUT2D eigenvalue weighted by atomic mass is 10.2. The van der Waals surface area contributed by atoms with Crippen molar-refractivity contribution in [2.24, 2.45) is 0 Å². The molecule has 4 aromatic rings. The van der Waals surface area contributed by atoms with E-state index in [0.717, 1.165) is 11.3 Å². The first-order valence-corrected chi connectivity index (χ1v) is 8.21. The van der Waals surface area contributed by atoms with Crippen LogP contribution in [-0.2, 0) is 0 Å². The lowest BCUT2D eigenvalue weighted by Crippen LogP contribution is -2.02. The van der Waals surface area contributed by atoms with Crippen molar-refractivity contribution in [3.63, 3.8) is 0 Å². The Morgan fingerprint density at radius 2 is 1.92 bits per heavy atom. The quantitative estimate of drug-likeness (QED) is 0.543. The highest BCUT2D eigenvalue weighted by Crippen LogP contribution is 2.29. The van der Waals surface area contributed by atoms with Crippen LogP contribution in [0.4, 0.5) is 0 Å². The number of nitrogens with zero attached hydrogens (tertiary/aromatic N) is 5. The molecular weight excluding hydrogens is 354 g/mol. The summed E-state index contributed by atoms with van der Waals surface area (Å²) < 4.78 is 12.4. The second-order valence-electron chi connectivity index (χ2n) is 5.54. The molecule has 0 saturated carbocycles. The number of ether oxygens (including phenoxy) is 1. The molecule has 7 nitrogen and oxygen atoms in total. The molecule has 0 aliphatic heterocycles. The van der Waals surface area contributed by atoms with E-state index in [2.05, 4.69) is 20.5 Å². The van der Waals surface area contributed by atoms with E-state index in [9.17, 15) is 0 Å². The molecule has 0 radical (unpaired) electrons. The van der Waals surface area contributed by atoms with Gasteiger partial charge < -0.3 is 9.26 Å². The minimum absolute atomic E-state index is 0.300. The van der Waals surface area contributed by atoms with E-state index in [1.54, 1.807) is 30.0 Å². The summed E-state index contributed by atoms with van der Waals surface area (Å²) in [4.78, 5) is 4.43. The van der Waals surface area contributed by atoms with Crippen LogP contribution in [0.5, 0.6) is 5.75 Å². The van der Waals surface area contributed by atoms with Crippen molar-refractivity contribution in [3.8, 4) is 34.4 Å². The molecule has 0 aliphatic rings. The maximum atomic E-state index is 6.11. The van der Waals surface area contributed by atoms with Gasteiger partial charge in [0.2, 0.25) is 5.82 Å². The highest BCUT2D eigenvalue weighted by atomic mass is 35.5. The second-order valence-corrected chi connectivity index (χ2v) is 5.98. The number of halogens is 1. The minimum Gasteiger partial charge on any atom is -0.494 e. The Labute approximate surface area is 154 Å². The van der Waals surface area contributed by atoms with E-state index in [0.29, 0.717) is 33.9 Å². The van der Waals surface area contributed by atoms with E-state index in [1.165, 1.54) is 0 Å². The Hall–Kier alpha value is -3.19. The topological polar surface area (TPSA) is 78.9 Å². The van der Waals surface area contributed by atoms with Gasteiger partial charge in [-0.25, -0.2) is 4.68 Å². The number of aromatic nitrogens is 5. The maximum absolute atomic E-state index is 6.11. The smallest absolute Gasteiger partial charge is 0.280 e. The summed E-state index contributed by atoms with van der Waals surface area (Å²) in [5, 5.41) is 13.0. The average Bonchev–Trinajstić information content (AvgIpc) is 3.29. The molecule has 0 spiro atoms. The number of benzene rings is 2. The van der Waals surface area contributed by atoms with E-state index in [4.69, 9.17) is 20.9 Å². The van der Waals surface area contributed by atoms with Gasteiger partial charge in [0.1, 0.15) is 11.4 Å². The first-order chi connectivity index (χ1) is 12.7. The Morgan fingerprint density at radius 1 is 1.12 bits per heavy atom. The largest absolute Gasteiger partial charge is 0.494 e. The van der Waals surface area contributed by atoms with Crippen LogP contribution >= 0.6 is 11.6 Å². The zero-order valence-corrected chi connectivity index (χ0v) is 14.8. The highest BCUT2D eigenvalue weighted by Gasteiger charge is 2.20. The minimum atomic E-state index is 0.300. The van der Waals surface area contributed by atoms with Crippen molar-refractivity contribution < 1.29 is 9.26 Å². The molecule has 0 unspecified atom stereocenters. The van der Waals surface area contributed by atoms with E-state index < -0.39 is 0 Å². The monoisotopic (exact) mass is 367 g/mol. The van der Waals surface area contributed by atoms with Crippen molar-refractivity contribution in [3.05, 3.63) is 59.2 Å². The van der Waals surface area contributed by atoms with E-state index >= 15 is 0 Å². The fourth-order valence-electron chi connectivity index (χ4n) is 2.61. The molecule has 0 amide bonds. The Balaban J connectivity index is 1.75. The van der Waals surface area contributed by atoms with E-state index in [-0.39, 0.29) is 0 Å². The molecular formula is C18H14ClN5O2. The van der Waals surface area contributed by atoms with Crippen LogP contribution in [0.25, 0.3) is 28.7 Å². The van der Waals surface area contributed by atoms with Gasteiger partial charge in [0.15, 0.2) is 5.69 Å². The lowest BCUT2D eigenvalue weighted by molar-refractivity contribution is 0.411. The molecule has 8 heteroatoms. The van der Waals surface area contributed by atoms with Gasteiger partial charge in [0.05, 0.1) is 12.8 Å². The van der Waals surface area contributed by atoms with Gasteiger partial charge in [-0.2, -0.15) is 4.98 Å². The molecule has 130 valence electrons. The number of hydrogen-bond acceptors (Lipinski definition) is 6. The van der Waals surface area contributed by atoms with Crippen molar-refractivity contribution in [1.29, 1.82) is 0 Å². The molecule has 0 fully saturated rings. The van der Waals surface area contributed by atoms with Crippen LogP contribution in [0.15, 0.2) is 53.1 Å².